The van der Waals surface area contributed by atoms with Crippen molar-refractivity contribution in [3.63, 3.8) is 0 Å². The molecule has 2 N–H and O–H groups in total. The van der Waals surface area contributed by atoms with Crippen molar-refractivity contribution in [1.29, 1.82) is 0 Å². The average Bonchev–Trinajstić information content (AvgIpc) is 3.07. The maximum absolute atomic E-state index is 12.3. The molecule has 5 nitrogen and oxygen atoms in total. The Labute approximate surface area is 129 Å². The van der Waals surface area contributed by atoms with Crippen LogP contribution in [0.15, 0.2) is 38.5 Å². The van der Waals surface area contributed by atoms with E-state index in [9.17, 15) is 8.42 Å². The van der Waals surface area contributed by atoms with Crippen molar-refractivity contribution in [3.8, 4) is 0 Å². The van der Waals surface area contributed by atoms with E-state index in [-0.39, 0.29) is 6.04 Å². The lowest BCUT2D eigenvalue weighted by molar-refractivity contribution is 0.480. The van der Waals surface area contributed by atoms with Crippen molar-refractivity contribution < 1.29 is 12.8 Å². The molecule has 0 amide bonds. The quantitative estimate of drug-likeness (QED) is 0.780. The fraction of sp³-hybridized carbons (Fsp3) is 0.429. The molecule has 2 aromatic rings. The van der Waals surface area contributed by atoms with E-state index in [2.05, 4.69) is 10.0 Å². The summed E-state index contributed by atoms with van der Waals surface area (Å²) in [5, 5.41) is 4.87. The third kappa shape index (κ3) is 4.67. The van der Waals surface area contributed by atoms with E-state index in [1.54, 1.807) is 12.3 Å². The van der Waals surface area contributed by atoms with Gasteiger partial charge in [0.2, 0.25) is 10.0 Å². The standard InChI is InChI=1S/C14H20N2O3S2/c1-11(5-6-13-4-3-7-19-13)16-21(17,18)14-8-12(9-15-2)10-20-14/h3-4,7-8,10-11,15-16H,5-6,9H2,1-2H3. The molecule has 0 spiro atoms. The molecule has 0 aromatic carbocycles. The average molecular weight is 328 g/mol. The molecular weight excluding hydrogens is 308 g/mol. The summed E-state index contributed by atoms with van der Waals surface area (Å²) in [6, 6.07) is 5.29. The normalized spacial score (nSPS) is 13.4. The van der Waals surface area contributed by atoms with Crippen LogP contribution < -0.4 is 10.0 Å². The van der Waals surface area contributed by atoms with Crippen LogP contribution in [0, 0.1) is 0 Å². The van der Waals surface area contributed by atoms with Gasteiger partial charge in [-0.3, -0.25) is 0 Å². The third-order valence-corrected chi connectivity index (χ3v) is 6.11. The lowest BCUT2D eigenvalue weighted by atomic mass is 10.2. The number of furan rings is 1. The molecule has 0 aliphatic carbocycles. The zero-order valence-electron chi connectivity index (χ0n) is 12.1. The van der Waals surface area contributed by atoms with Crippen molar-refractivity contribution in [2.24, 2.45) is 0 Å². The van der Waals surface area contributed by atoms with Crippen molar-refractivity contribution in [1.82, 2.24) is 10.0 Å². The summed E-state index contributed by atoms with van der Waals surface area (Å²) >= 11 is 1.25. The Hall–Kier alpha value is -1.15. The molecule has 21 heavy (non-hydrogen) atoms. The number of hydrogen-bond acceptors (Lipinski definition) is 5. The zero-order chi connectivity index (χ0) is 15.3. The van der Waals surface area contributed by atoms with Crippen molar-refractivity contribution in [2.75, 3.05) is 7.05 Å². The first-order valence-corrected chi connectivity index (χ1v) is 9.14. The van der Waals surface area contributed by atoms with Crippen molar-refractivity contribution in [3.05, 3.63) is 41.2 Å². The highest BCUT2D eigenvalue weighted by molar-refractivity contribution is 7.91. The molecule has 0 radical (unpaired) electrons. The lowest BCUT2D eigenvalue weighted by Crippen LogP contribution is -2.32. The molecule has 7 heteroatoms. The predicted molar refractivity (Wildman–Crippen MR) is 83.9 cm³/mol. The van der Waals surface area contributed by atoms with E-state index in [0.717, 1.165) is 11.3 Å². The Morgan fingerprint density at radius 1 is 1.43 bits per heavy atom. The van der Waals surface area contributed by atoms with Crippen LogP contribution >= 0.6 is 11.3 Å². The molecule has 0 aliphatic rings. The Kier molecular flexibility index (Phi) is 5.58. The van der Waals surface area contributed by atoms with E-state index >= 15 is 0 Å². The number of hydrogen-bond donors (Lipinski definition) is 2. The molecule has 0 saturated heterocycles. The molecule has 1 unspecified atom stereocenters. The van der Waals surface area contributed by atoms with Crippen molar-refractivity contribution in [2.45, 2.75) is 36.6 Å². The van der Waals surface area contributed by atoms with Crippen LogP contribution in [0.4, 0.5) is 0 Å². The lowest BCUT2D eigenvalue weighted by Gasteiger charge is -2.12. The highest BCUT2D eigenvalue weighted by Gasteiger charge is 2.19. The largest absolute Gasteiger partial charge is 0.469 e. The Bertz CT molecular complexity index is 648. The fourth-order valence-corrected chi connectivity index (χ4v) is 4.49. The van der Waals surface area contributed by atoms with Crippen LogP contribution in [0.25, 0.3) is 0 Å². The molecule has 2 aromatic heterocycles. The van der Waals surface area contributed by atoms with Gasteiger partial charge in [0.15, 0.2) is 0 Å². The summed E-state index contributed by atoms with van der Waals surface area (Å²) in [7, 11) is -1.60. The Morgan fingerprint density at radius 2 is 2.24 bits per heavy atom. The molecule has 0 fully saturated rings. The SMILES string of the molecule is CNCc1csc(S(=O)(=O)NC(C)CCc2ccco2)c1. The number of rotatable bonds is 8. The summed E-state index contributed by atoms with van der Waals surface area (Å²) in [6.07, 6.45) is 3.03. The van der Waals surface area contributed by atoms with Gasteiger partial charge in [-0.2, -0.15) is 0 Å². The minimum atomic E-state index is -3.44. The summed E-state index contributed by atoms with van der Waals surface area (Å²) in [5.74, 6) is 0.869. The minimum absolute atomic E-state index is 0.144. The van der Waals surface area contributed by atoms with Gasteiger partial charge in [0.1, 0.15) is 9.97 Å². The Morgan fingerprint density at radius 3 is 2.90 bits per heavy atom. The molecule has 1 atom stereocenters. The van der Waals surface area contributed by atoms with Gasteiger partial charge in [-0.25, -0.2) is 13.1 Å². The predicted octanol–water partition coefficient (Wildman–Crippen LogP) is 2.36. The smallest absolute Gasteiger partial charge is 0.250 e. The summed E-state index contributed by atoms with van der Waals surface area (Å²) < 4.78 is 32.9. The highest BCUT2D eigenvalue weighted by Crippen LogP contribution is 2.20. The first-order valence-electron chi connectivity index (χ1n) is 6.78. The van der Waals surface area contributed by atoms with Crippen LogP contribution in [-0.4, -0.2) is 21.5 Å². The molecule has 2 heterocycles. The molecule has 116 valence electrons. The van der Waals surface area contributed by atoms with Gasteiger partial charge in [0.05, 0.1) is 6.26 Å². The summed E-state index contributed by atoms with van der Waals surface area (Å²) in [4.78, 5) is 0. The molecule has 0 aliphatic heterocycles. The van der Waals surface area contributed by atoms with Crippen LogP contribution in [0.3, 0.4) is 0 Å². The molecular formula is C14H20N2O3S2. The number of sulfonamides is 1. The highest BCUT2D eigenvalue weighted by atomic mass is 32.2. The van der Waals surface area contributed by atoms with Gasteiger partial charge in [0.25, 0.3) is 0 Å². The topological polar surface area (TPSA) is 71.3 Å². The van der Waals surface area contributed by atoms with E-state index < -0.39 is 10.0 Å². The third-order valence-electron chi connectivity index (χ3n) is 3.04. The molecule has 0 bridgehead atoms. The van der Waals surface area contributed by atoms with Gasteiger partial charge < -0.3 is 9.73 Å². The van der Waals surface area contributed by atoms with Gasteiger partial charge in [-0.05, 0) is 49.5 Å². The first-order chi connectivity index (χ1) is 10.0. The zero-order valence-corrected chi connectivity index (χ0v) is 13.8. The first kappa shape index (κ1) is 16.2. The van der Waals surface area contributed by atoms with E-state index in [1.165, 1.54) is 11.3 Å². The van der Waals surface area contributed by atoms with Gasteiger partial charge >= 0.3 is 0 Å². The number of nitrogens with one attached hydrogen (secondary N) is 2. The number of thiophene rings is 1. The van der Waals surface area contributed by atoms with Crippen LogP contribution in [-0.2, 0) is 23.0 Å². The summed E-state index contributed by atoms with van der Waals surface area (Å²) in [5.41, 5.74) is 0.978. The van der Waals surface area contributed by atoms with E-state index in [4.69, 9.17) is 4.42 Å². The van der Waals surface area contributed by atoms with E-state index in [0.29, 0.717) is 23.6 Å². The van der Waals surface area contributed by atoms with Gasteiger partial charge in [-0.1, -0.05) is 0 Å². The van der Waals surface area contributed by atoms with Crippen LogP contribution in [0.1, 0.15) is 24.7 Å². The summed E-state index contributed by atoms with van der Waals surface area (Å²) in [6.45, 7) is 2.53. The van der Waals surface area contributed by atoms with E-state index in [1.807, 2.05) is 31.5 Å². The van der Waals surface area contributed by atoms with Gasteiger partial charge in [-0.15, -0.1) is 11.3 Å². The fourth-order valence-electron chi connectivity index (χ4n) is 1.99. The van der Waals surface area contributed by atoms with Crippen LogP contribution in [0.5, 0.6) is 0 Å². The Balaban J connectivity index is 1.92. The second-order valence-electron chi connectivity index (χ2n) is 4.94. The minimum Gasteiger partial charge on any atom is -0.469 e. The maximum atomic E-state index is 12.3. The second-order valence-corrected chi connectivity index (χ2v) is 7.80. The molecule has 0 saturated carbocycles. The maximum Gasteiger partial charge on any atom is 0.250 e. The number of aryl methyl sites for hydroxylation is 1. The molecule has 2 rings (SSSR count). The second kappa shape index (κ2) is 7.22. The van der Waals surface area contributed by atoms with Gasteiger partial charge in [0, 0.05) is 19.0 Å². The van der Waals surface area contributed by atoms with Crippen molar-refractivity contribution >= 4 is 21.4 Å². The van der Waals surface area contributed by atoms with Crippen LogP contribution in [0.2, 0.25) is 0 Å². The monoisotopic (exact) mass is 328 g/mol.